The first-order chi connectivity index (χ1) is 18.5. The number of pyridine rings is 2. The van der Waals surface area contributed by atoms with Crippen LogP contribution in [0.25, 0.3) is 20.8 Å². The summed E-state index contributed by atoms with van der Waals surface area (Å²) in [5.74, 6) is 3.24. The van der Waals surface area contributed by atoms with Gasteiger partial charge in [-0.25, -0.2) is 19.9 Å². The van der Waals surface area contributed by atoms with Gasteiger partial charge in [0.15, 0.2) is 0 Å². The molecule has 11 heteroatoms. The standard InChI is InChI=1S/C27H31N9OS/c1-16-8-24(33-27(30-16)36-14-19-10-20(36)13-34(19)3)32-23-11-21-22(12-29-23)38-26(31-21)18-4-5-28-25(9-18)35-6-7-37-15-17(35)2/h4-5,8-9,11-12,17,19-20H,6-7,10,13-15H2,1-3H3,(H,29,30,32,33)/t17-,19+,20+/m1/s1. The van der Waals surface area contributed by atoms with Crippen molar-refractivity contribution in [2.45, 2.75) is 38.4 Å². The Balaban J connectivity index is 1.13. The molecule has 0 spiro atoms. The lowest BCUT2D eigenvalue weighted by Crippen LogP contribution is -2.45. The molecule has 3 aliphatic heterocycles. The summed E-state index contributed by atoms with van der Waals surface area (Å²) in [5, 5.41) is 4.35. The summed E-state index contributed by atoms with van der Waals surface area (Å²) in [4.78, 5) is 30.9. The maximum atomic E-state index is 5.59. The van der Waals surface area contributed by atoms with E-state index in [-0.39, 0.29) is 0 Å². The Hall–Kier alpha value is -3.41. The van der Waals surface area contributed by atoms with Crippen molar-refractivity contribution in [3.8, 4) is 10.6 Å². The fourth-order valence-corrected chi connectivity index (χ4v) is 6.70. The third-order valence-electron chi connectivity index (χ3n) is 7.80. The first-order valence-electron chi connectivity index (χ1n) is 13.2. The van der Waals surface area contributed by atoms with Gasteiger partial charge in [0.25, 0.3) is 0 Å². The number of hydrogen-bond donors (Lipinski definition) is 1. The molecule has 0 aromatic carbocycles. The number of aromatic nitrogens is 5. The van der Waals surface area contributed by atoms with Gasteiger partial charge in [0, 0.05) is 67.5 Å². The molecule has 0 unspecified atom stereocenters. The zero-order chi connectivity index (χ0) is 25.8. The molecular formula is C27H31N9OS. The summed E-state index contributed by atoms with van der Waals surface area (Å²) < 4.78 is 6.63. The summed E-state index contributed by atoms with van der Waals surface area (Å²) in [6.45, 7) is 8.52. The van der Waals surface area contributed by atoms with Crippen molar-refractivity contribution in [2.24, 2.45) is 0 Å². The molecule has 3 saturated heterocycles. The third-order valence-corrected chi connectivity index (χ3v) is 8.85. The maximum absolute atomic E-state index is 5.59. The lowest BCUT2D eigenvalue weighted by Gasteiger charge is -2.34. The number of rotatable bonds is 5. The summed E-state index contributed by atoms with van der Waals surface area (Å²) in [5.41, 5.74) is 2.91. The highest BCUT2D eigenvalue weighted by molar-refractivity contribution is 7.21. The fraction of sp³-hybridized carbons (Fsp3) is 0.444. The minimum atomic E-state index is 0.299. The van der Waals surface area contributed by atoms with Gasteiger partial charge < -0.3 is 19.9 Å². The molecule has 0 aliphatic carbocycles. The van der Waals surface area contributed by atoms with Gasteiger partial charge in [-0.1, -0.05) is 0 Å². The summed E-state index contributed by atoms with van der Waals surface area (Å²) in [6, 6.07) is 9.48. The zero-order valence-corrected chi connectivity index (χ0v) is 22.6. The molecule has 4 aromatic heterocycles. The van der Waals surface area contributed by atoms with E-state index in [1.807, 2.05) is 37.5 Å². The maximum Gasteiger partial charge on any atom is 0.227 e. The molecule has 0 radical (unpaired) electrons. The molecule has 38 heavy (non-hydrogen) atoms. The molecular weight excluding hydrogens is 498 g/mol. The number of likely N-dealkylation sites (tertiary alicyclic amines) is 1. The Morgan fingerprint density at radius 3 is 2.76 bits per heavy atom. The van der Waals surface area contributed by atoms with E-state index in [2.05, 4.69) is 50.0 Å². The highest BCUT2D eigenvalue weighted by Crippen LogP contribution is 2.34. The summed E-state index contributed by atoms with van der Waals surface area (Å²) in [6.07, 6.45) is 4.93. The number of piperazine rings is 1. The van der Waals surface area contributed by atoms with Crippen molar-refractivity contribution in [3.63, 3.8) is 0 Å². The van der Waals surface area contributed by atoms with Gasteiger partial charge in [-0.2, -0.15) is 4.98 Å². The van der Waals surface area contributed by atoms with Gasteiger partial charge in [-0.15, -0.1) is 11.3 Å². The van der Waals surface area contributed by atoms with Gasteiger partial charge in [0.2, 0.25) is 5.95 Å². The second kappa shape index (κ2) is 9.40. The minimum absolute atomic E-state index is 0.299. The van der Waals surface area contributed by atoms with E-state index in [4.69, 9.17) is 19.7 Å². The number of ether oxygens (including phenoxy) is 1. The molecule has 3 fully saturated rings. The molecule has 1 N–H and O–H groups in total. The van der Waals surface area contributed by atoms with Crippen molar-refractivity contribution in [3.05, 3.63) is 42.4 Å². The van der Waals surface area contributed by atoms with Crippen LogP contribution < -0.4 is 15.1 Å². The summed E-state index contributed by atoms with van der Waals surface area (Å²) in [7, 11) is 2.20. The molecule has 3 aliphatic rings. The van der Waals surface area contributed by atoms with Gasteiger partial charge in [0.1, 0.15) is 22.5 Å². The van der Waals surface area contributed by atoms with Crippen LogP contribution in [0.1, 0.15) is 19.0 Å². The molecule has 4 aromatic rings. The molecule has 7 heterocycles. The second-order valence-corrected chi connectivity index (χ2v) is 11.6. The molecule has 0 saturated carbocycles. The van der Waals surface area contributed by atoms with Crippen LogP contribution in [0.15, 0.2) is 36.7 Å². The largest absolute Gasteiger partial charge is 0.377 e. The second-order valence-electron chi connectivity index (χ2n) is 10.5. The lowest BCUT2D eigenvalue weighted by molar-refractivity contribution is 0.0985. The third kappa shape index (κ3) is 4.34. The van der Waals surface area contributed by atoms with Crippen LogP contribution in [-0.4, -0.2) is 87.8 Å². The fourth-order valence-electron chi connectivity index (χ4n) is 5.79. The molecule has 7 rings (SSSR count). The quantitative estimate of drug-likeness (QED) is 0.412. The van der Waals surface area contributed by atoms with Crippen LogP contribution in [0.3, 0.4) is 0 Å². The number of anilines is 4. The van der Waals surface area contributed by atoms with E-state index in [0.717, 1.165) is 82.7 Å². The Bertz CT molecular complexity index is 1490. The molecule has 2 bridgehead atoms. The topological polar surface area (TPSA) is 95.4 Å². The van der Waals surface area contributed by atoms with Gasteiger partial charge >= 0.3 is 0 Å². The van der Waals surface area contributed by atoms with E-state index in [1.165, 1.54) is 6.42 Å². The molecule has 0 amide bonds. The Kier molecular flexibility index (Phi) is 5.86. The number of nitrogens with one attached hydrogen (secondary N) is 1. The lowest BCUT2D eigenvalue weighted by atomic mass is 10.2. The molecule has 196 valence electrons. The van der Waals surface area contributed by atoms with Crippen molar-refractivity contribution in [2.75, 3.05) is 55.0 Å². The number of aryl methyl sites for hydroxylation is 1. The first-order valence-corrected chi connectivity index (χ1v) is 14.0. The highest BCUT2D eigenvalue weighted by Gasteiger charge is 2.42. The molecule has 3 atom stereocenters. The van der Waals surface area contributed by atoms with Crippen molar-refractivity contribution in [1.82, 2.24) is 29.8 Å². The number of likely N-dealkylation sites (N-methyl/N-ethyl adjacent to an activating group) is 1. The van der Waals surface area contributed by atoms with Crippen LogP contribution in [0.2, 0.25) is 0 Å². The van der Waals surface area contributed by atoms with E-state index in [9.17, 15) is 0 Å². The predicted octanol–water partition coefficient (Wildman–Crippen LogP) is 3.71. The van der Waals surface area contributed by atoms with Gasteiger partial charge in [-0.3, -0.25) is 4.90 Å². The average molecular weight is 530 g/mol. The zero-order valence-electron chi connectivity index (χ0n) is 21.8. The van der Waals surface area contributed by atoms with Crippen LogP contribution in [0.5, 0.6) is 0 Å². The van der Waals surface area contributed by atoms with Crippen LogP contribution in [0.4, 0.5) is 23.4 Å². The Labute approximate surface area is 225 Å². The predicted molar refractivity (Wildman–Crippen MR) is 150 cm³/mol. The number of thiazole rings is 1. The van der Waals surface area contributed by atoms with Crippen molar-refractivity contribution >= 4 is 45.0 Å². The Morgan fingerprint density at radius 2 is 1.95 bits per heavy atom. The van der Waals surface area contributed by atoms with Gasteiger partial charge in [0.05, 0.1) is 29.5 Å². The van der Waals surface area contributed by atoms with E-state index >= 15 is 0 Å². The normalized spacial score (nSPS) is 23.5. The van der Waals surface area contributed by atoms with Gasteiger partial charge in [-0.05, 0) is 39.4 Å². The smallest absolute Gasteiger partial charge is 0.227 e. The first kappa shape index (κ1) is 23.7. The number of morpholine rings is 1. The number of hydrogen-bond acceptors (Lipinski definition) is 11. The average Bonchev–Trinajstić information content (AvgIpc) is 3.62. The van der Waals surface area contributed by atoms with Crippen molar-refractivity contribution < 1.29 is 4.74 Å². The number of nitrogens with zero attached hydrogens (tertiary/aromatic N) is 8. The number of fused-ring (bicyclic) bond motifs is 3. The van der Waals surface area contributed by atoms with Crippen molar-refractivity contribution in [1.29, 1.82) is 0 Å². The van der Waals surface area contributed by atoms with E-state index in [1.54, 1.807) is 11.3 Å². The SMILES string of the molecule is Cc1cc(Nc2cc3nc(-c4ccnc(N5CCOC[C@H]5C)c4)sc3cn2)nc(N2C[C@@H]3C[C@H]2CN3C)n1. The minimum Gasteiger partial charge on any atom is -0.377 e. The monoisotopic (exact) mass is 529 g/mol. The van der Waals surface area contributed by atoms with E-state index < -0.39 is 0 Å². The van der Waals surface area contributed by atoms with Crippen LogP contribution in [-0.2, 0) is 4.74 Å². The van der Waals surface area contributed by atoms with Crippen LogP contribution >= 0.6 is 11.3 Å². The molecule has 10 nitrogen and oxygen atoms in total. The van der Waals surface area contributed by atoms with E-state index in [0.29, 0.717) is 18.1 Å². The Morgan fingerprint density at radius 1 is 1.03 bits per heavy atom. The summed E-state index contributed by atoms with van der Waals surface area (Å²) >= 11 is 1.64. The highest BCUT2D eigenvalue weighted by atomic mass is 32.1. The van der Waals surface area contributed by atoms with Crippen LogP contribution in [0, 0.1) is 6.92 Å².